The zero-order chi connectivity index (χ0) is 19.2. The lowest BCUT2D eigenvalue weighted by Gasteiger charge is -2.47. The summed E-state index contributed by atoms with van der Waals surface area (Å²) in [5.74, 6) is 0.940. The van der Waals surface area contributed by atoms with Gasteiger partial charge in [-0.3, -0.25) is 19.7 Å². The van der Waals surface area contributed by atoms with E-state index in [2.05, 4.69) is 49.8 Å². The number of aliphatic imine (C=N–C) groups is 1. The zero-order valence-corrected chi connectivity index (χ0v) is 20.5. The molecule has 0 spiro atoms. The second-order valence-electron chi connectivity index (χ2n) is 7.77. The van der Waals surface area contributed by atoms with Gasteiger partial charge in [-0.15, -0.1) is 35.3 Å². The summed E-state index contributed by atoms with van der Waals surface area (Å²) in [7, 11) is 0. The molecule has 2 bridgehead atoms. The third-order valence-electron chi connectivity index (χ3n) is 6.02. The second-order valence-corrected chi connectivity index (χ2v) is 8.75. The number of fused-ring (bicyclic) bond motifs is 3. The quantitative estimate of drug-likeness (QED) is 0.313. The Morgan fingerprint density at radius 1 is 1.21 bits per heavy atom. The Morgan fingerprint density at radius 2 is 2.00 bits per heavy atom. The van der Waals surface area contributed by atoms with Gasteiger partial charge in [-0.05, 0) is 18.4 Å². The largest absolute Gasteiger partial charge is 0.379 e. The molecule has 5 heterocycles. The fourth-order valence-electron chi connectivity index (χ4n) is 4.41. The molecule has 7 nitrogen and oxygen atoms in total. The lowest BCUT2D eigenvalue weighted by molar-refractivity contribution is 0.0153. The van der Waals surface area contributed by atoms with E-state index in [1.807, 2.05) is 11.3 Å². The Labute approximate surface area is 195 Å². The summed E-state index contributed by atoms with van der Waals surface area (Å²) < 4.78 is 5.55. The van der Waals surface area contributed by atoms with E-state index in [4.69, 9.17) is 9.73 Å². The van der Waals surface area contributed by atoms with Gasteiger partial charge >= 0.3 is 0 Å². The van der Waals surface area contributed by atoms with Crippen LogP contribution in [0, 0.1) is 0 Å². The number of ether oxygens (including phenoxy) is 1. The molecule has 0 amide bonds. The number of rotatable bonds is 7. The standard InChI is InChI=1S/C20H34N6OS.HI/c1-2-21-20(22-14-17-16-24-5-7-25(17)8-6-24)23-15-18(19-4-3-13-28-19)26-9-11-27-12-10-26;/h3-4,13,17-18H,2,5-12,14-16H2,1H3,(H2,21,22,23);1H. The van der Waals surface area contributed by atoms with Crippen molar-refractivity contribution < 1.29 is 4.74 Å². The van der Waals surface area contributed by atoms with Crippen LogP contribution in [0.4, 0.5) is 0 Å². The normalized spacial score (nSPS) is 28.6. The third-order valence-corrected chi connectivity index (χ3v) is 7.00. The van der Waals surface area contributed by atoms with Crippen molar-refractivity contribution in [2.45, 2.75) is 19.0 Å². The van der Waals surface area contributed by atoms with Gasteiger partial charge < -0.3 is 15.4 Å². The van der Waals surface area contributed by atoms with Crippen LogP contribution in [0.15, 0.2) is 22.5 Å². The number of halogens is 1. The highest BCUT2D eigenvalue weighted by molar-refractivity contribution is 14.0. The highest BCUT2D eigenvalue weighted by atomic mass is 127. The minimum Gasteiger partial charge on any atom is -0.379 e. The van der Waals surface area contributed by atoms with E-state index in [0.717, 1.165) is 51.9 Å². The molecule has 2 N–H and O–H groups in total. The molecule has 4 saturated heterocycles. The van der Waals surface area contributed by atoms with Crippen LogP contribution in [0.25, 0.3) is 0 Å². The second kappa shape index (κ2) is 11.8. The predicted octanol–water partition coefficient (Wildman–Crippen LogP) is 1.29. The van der Waals surface area contributed by atoms with Gasteiger partial charge in [0, 0.05) is 69.8 Å². The average molecular weight is 535 g/mol. The van der Waals surface area contributed by atoms with Crippen LogP contribution in [-0.2, 0) is 4.74 Å². The maximum Gasteiger partial charge on any atom is 0.191 e. The molecule has 4 fully saturated rings. The maximum atomic E-state index is 5.55. The molecule has 1 aromatic heterocycles. The lowest BCUT2D eigenvalue weighted by atomic mass is 10.1. The number of guanidine groups is 1. The summed E-state index contributed by atoms with van der Waals surface area (Å²) in [6.45, 7) is 14.4. The lowest BCUT2D eigenvalue weighted by Crippen LogP contribution is -2.63. The summed E-state index contributed by atoms with van der Waals surface area (Å²) in [5.41, 5.74) is 0. The zero-order valence-electron chi connectivity index (χ0n) is 17.4. The van der Waals surface area contributed by atoms with E-state index in [9.17, 15) is 0 Å². The topological polar surface area (TPSA) is 55.4 Å². The molecule has 2 atom stereocenters. The maximum absolute atomic E-state index is 5.55. The van der Waals surface area contributed by atoms with E-state index >= 15 is 0 Å². The molecule has 164 valence electrons. The summed E-state index contributed by atoms with van der Waals surface area (Å²) in [6, 6.07) is 5.31. The van der Waals surface area contributed by atoms with Crippen molar-refractivity contribution in [2.75, 3.05) is 78.7 Å². The van der Waals surface area contributed by atoms with Crippen LogP contribution in [0.5, 0.6) is 0 Å². The van der Waals surface area contributed by atoms with Gasteiger partial charge in [-0.2, -0.15) is 0 Å². The SMILES string of the molecule is CCNC(=NCC(c1cccs1)N1CCOCC1)NCC1CN2CCN1CC2.I. The first kappa shape index (κ1) is 23.2. The average Bonchev–Trinajstić information content (AvgIpc) is 3.28. The van der Waals surface area contributed by atoms with E-state index < -0.39 is 0 Å². The van der Waals surface area contributed by atoms with Gasteiger partial charge in [0.15, 0.2) is 5.96 Å². The van der Waals surface area contributed by atoms with Gasteiger partial charge in [0.25, 0.3) is 0 Å². The van der Waals surface area contributed by atoms with Gasteiger partial charge in [0.1, 0.15) is 0 Å². The van der Waals surface area contributed by atoms with Crippen LogP contribution >= 0.6 is 35.3 Å². The Morgan fingerprint density at radius 3 is 2.62 bits per heavy atom. The van der Waals surface area contributed by atoms with Crippen molar-refractivity contribution in [3.63, 3.8) is 0 Å². The highest BCUT2D eigenvalue weighted by Gasteiger charge is 2.31. The van der Waals surface area contributed by atoms with E-state index in [1.54, 1.807) is 0 Å². The summed E-state index contributed by atoms with van der Waals surface area (Å²) >= 11 is 1.83. The van der Waals surface area contributed by atoms with E-state index in [-0.39, 0.29) is 24.0 Å². The minimum absolute atomic E-state index is 0. The van der Waals surface area contributed by atoms with Crippen LogP contribution in [0.1, 0.15) is 17.8 Å². The number of piperazine rings is 3. The van der Waals surface area contributed by atoms with Crippen LogP contribution < -0.4 is 10.6 Å². The number of hydrogen-bond donors (Lipinski definition) is 2. The Balaban J connectivity index is 0.00000240. The summed E-state index contributed by atoms with van der Waals surface area (Å²) in [5, 5.41) is 9.21. The number of nitrogens with zero attached hydrogens (tertiary/aromatic N) is 4. The minimum atomic E-state index is 0. The van der Waals surface area contributed by atoms with Crippen LogP contribution in [-0.4, -0.2) is 105 Å². The number of hydrogen-bond acceptors (Lipinski definition) is 6. The number of morpholine rings is 1. The summed E-state index contributed by atoms with van der Waals surface area (Å²) in [4.78, 5) is 14.1. The van der Waals surface area contributed by atoms with Gasteiger partial charge in [0.2, 0.25) is 0 Å². The fraction of sp³-hybridized carbons (Fsp3) is 0.750. The molecule has 9 heteroatoms. The number of nitrogens with one attached hydrogen (secondary N) is 2. The molecule has 2 unspecified atom stereocenters. The van der Waals surface area contributed by atoms with Crippen molar-refractivity contribution in [1.82, 2.24) is 25.3 Å². The first-order valence-corrected chi connectivity index (χ1v) is 11.5. The van der Waals surface area contributed by atoms with Crippen molar-refractivity contribution in [3.8, 4) is 0 Å². The molecule has 0 saturated carbocycles. The molecular weight excluding hydrogens is 499 g/mol. The predicted molar refractivity (Wildman–Crippen MR) is 131 cm³/mol. The van der Waals surface area contributed by atoms with Gasteiger partial charge in [-0.1, -0.05) is 6.07 Å². The van der Waals surface area contributed by atoms with Crippen molar-refractivity contribution in [1.29, 1.82) is 0 Å². The van der Waals surface area contributed by atoms with Crippen LogP contribution in [0.3, 0.4) is 0 Å². The Bertz CT molecular complexity index is 616. The van der Waals surface area contributed by atoms with E-state index in [0.29, 0.717) is 12.1 Å². The molecule has 5 rings (SSSR count). The third kappa shape index (κ3) is 6.27. The van der Waals surface area contributed by atoms with Crippen molar-refractivity contribution in [2.24, 2.45) is 4.99 Å². The smallest absolute Gasteiger partial charge is 0.191 e. The van der Waals surface area contributed by atoms with Crippen molar-refractivity contribution >= 4 is 41.3 Å². The molecule has 29 heavy (non-hydrogen) atoms. The van der Waals surface area contributed by atoms with Crippen molar-refractivity contribution in [3.05, 3.63) is 22.4 Å². The Hall–Kier alpha value is -0.460. The van der Waals surface area contributed by atoms with Crippen LogP contribution in [0.2, 0.25) is 0 Å². The first-order chi connectivity index (χ1) is 13.8. The fourth-order valence-corrected chi connectivity index (χ4v) is 5.26. The highest BCUT2D eigenvalue weighted by Crippen LogP contribution is 2.26. The monoisotopic (exact) mass is 534 g/mol. The molecule has 4 aliphatic rings. The Kier molecular flexibility index (Phi) is 9.45. The van der Waals surface area contributed by atoms with E-state index in [1.165, 1.54) is 37.6 Å². The molecule has 0 radical (unpaired) electrons. The molecular formula is C20H35IN6OS. The summed E-state index contributed by atoms with van der Waals surface area (Å²) in [6.07, 6.45) is 0. The first-order valence-electron chi connectivity index (χ1n) is 10.7. The molecule has 4 aliphatic heterocycles. The molecule has 1 aromatic rings. The van der Waals surface area contributed by atoms with Gasteiger partial charge in [0.05, 0.1) is 25.8 Å². The molecule has 0 aliphatic carbocycles. The number of thiophene rings is 1. The van der Waals surface area contributed by atoms with Gasteiger partial charge in [-0.25, -0.2) is 0 Å². The molecule has 0 aromatic carbocycles.